The van der Waals surface area contributed by atoms with Crippen LogP contribution in [0.1, 0.15) is 27.9 Å². The zero-order chi connectivity index (χ0) is 19.9. The largest absolute Gasteiger partial charge is 0.489 e. The van der Waals surface area contributed by atoms with Gasteiger partial charge in [0.05, 0.1) is 10.7 Å². The summed E-state index contributed by atoms with van der Waals surface area (Å²) in [6.07, 6.45) is 4.46. The number of carbonyl (C=O) groups is 1. The van der Waals surface area contributed by atoms with E-state index in [9.17, 15) is 4.79 Å². The summed E-state index contributed by atoms with van der Waals surface area (Å²) in [5, 5.41) is 7.82. The van der Waals surface area contributed by atoms with Gasteiger partial charge in [0.2, 0.25) is 0 Å². The Labute approximate surface area is 177 Å². The molecule has 0 aliphatic carbocycles. The van der Waals surface area contributed by atoms with E-state index in [-0.39, 0.29) is 5.91 Å². The van der Waals surface area contributed by atoms with Gasteiger partial charge in [-0.25, -0.2) is 0 Å². The van der Waals surface area contributed by atoms with Crippen molar-refractivity contribution in [3.05, 3.63) is 81.0 Å². The van der Waals surface area contributed by atoms with Gasteiger partial charge in [-0.2, -0.15) is 5.10 Å². The number of ether oxygens (including phenoxy) is 1. The molecule has 0 atom stereocenters. The molecular formula is C21H21BrClN3O2. The van der Waals surface area contributed by atoms with Gasteiger partial charge in [0.15, 0.2) is 0 Å². The van der Waals surface area contributed by atoms with Crippen molar-refractivity contribution in [3.8, 4) is 5.75 Å². The quantitative estimate of drug-likeness (QED) is 0.479. The second-order valence-corrected chi connectivity index (χ2v) is 7.78. The smallest absolute Gasteiger partial charge is 0.251 e. The summed E-state index contributed by atoms with van der Waals surface area (Å²) < 4.78 is 8.65. The van der Waals surface area contributed by atoms with E-state index in [1.807, 2.05) is 48.1 Å². The molecule has 5 nitrogen and oxygen atoms in total. The highest BCUT2D eigenvalue weighted by molar-refractivity contribution is 9.10. The van der Waals surface area contributed by atoms with Gasteiger partial charge in [0, 0.05) is 29.9 Å². The van der Waals surface area contributed by atoms with Crippen molar-refractivity contribution in [2.45, 2.75) is 26.5 Å². The molecule has 1 aromatic heterocycles. The molecule has 0 spiro atoms. The number of benzene rings is 2. The maximum Gasteiger partial charge on any atom is 0.251 e. The first-order valence-corrected chi connectivity index (χ1v) is 10.1. The lowest BCUT2D eigenvalue weighted by molar-refractivity contribution is 0.0952. The molecule has 0 fully saturated rings. The van der Waals surface area contributed by atoms with Crippen LogP contribution in [0, 0.1) is 6.92 Å². The van der Waals surface area contributed by atoms with Crippen molar-refractivity contribution < 1.29 is 9.53 Å². The SMILES string of the molecule is Cc1cc(Cl)ccc1OCc1cccc(C(=O)NCCCn2cc(Br)cn2)c1. The molecule has 1 heterocycles. The number of halogens is 2. The number of rotatable bonds is 8. The van der Waals surface area contributed by atoms with Gasteiger partial charge in [-0.05, 0) is 70.7 Å². The third-order valence-electron chi connectivity index (χ3n) is 4.17. The Hall–Kier alpha value is -2.31. The van der Waals surface area contributed by atoms with Crippen LogP contribution in [0.5, 0.6) is 5.75 Å². The van der Waals surface area contributed by atoms with Gasteiger partial charge in [0.25, 0.3) is 5.91 Å². The summed E-state index contributed by atoms with van der Waals surface area (Å²) in [5.74, 6) is 0.690. The van der Waals surface area contributed by atoms with Crippen LogP contribution < -0.4 is 10.1 Å². The maximum atomic E-state index is 12.4. The first-order valence-electron chi connectivity index (χ1n) is 8.95. The Morgan fingerprint density at radius 1 is 1.29 bits per heavy atom. The Bertz CT molecular complexity index is 958. The maximum absolute atomic E-state index is 12.4. The highest BCUT2D eigenvalue weighted by Gasteiger charge is 2.07. The zero-order valence-electron chi connectivity index (χ0n) is 15.5. The van der Waals surface area contributed by atoms with Crippen molar-refractivity contribution in [1.29, 1.82) is 0 Å². The van der Waals surface area contributed by atoms with E-state index in [1.165, 1.54) is 0 Å². The number of aromatic nitrogens is 2. The second-order valence-electron chi connectivity index (χ2n) is 6.43. The fourth-order valence-corrected chi connectivity index (χ4v) is 3.30. The molecule has 0 unspecified atom stereocenters. The molecule has 0 aliphatic heterocycles. The van der Waals surface area contributed by atoms with Crippen LogP contribution in [0.15, 0.2) is 59.3 Å². The summed E-state index contributed by atoms with van der Waals surface area (Å²) in [6.45, 7) is 3.67. The topological polar surface area (TPSA) is 56.1 Å². The number of hydrogen-bond acceptors (Lipinski definition) is 3. The fourth-order valence-electron chi connectivity index (χ4n) is 2.74. The van der Waals surface area contributed by atoms with Crippen LogP contribution in [0.25, 0.3) is 0 Å². The zero-order valence-corrected chi connectivity index (χ0v) is 17.8. The fraction of sp³-hybridized carbons (Fsp3) is 0.238. The standard InChI is InChI=1S/C21H21BrClN3O2/c1-15-10-19(23)6-7-20(15)28-14-16-4-2-5-17(11-16)21(27)24-8-3-9-26-13-18(22)12-25-26/h2,4-7,10-13H,3,8-9,14H2,1H3,(H,24,27). The Morgan fingerprint density at radius 3 is 2.89 bits per heavy atom. The monoisotopic (exact) mass is 461 g/mol. The van der Waals surface area contributed by atoms with Crippen molar-refractivity contribution in [2.24, 2.45) is 0 Å². The number of amides is 1. The van der Waals surface area contributed by atoms with Crippen molar-refractivity contribution in [2.75, 3.05) is 6.54 Å². The molecule has 146 valence electrons. The number of nitrogens with zero attached hydrogens (tertiary/aromatic N) is 2. The molecular weight excluding hydrogens is 442 g/mol. The van der Waals surface area contributed by atoms with Gasteiger partial charge >= 0.3 is 0 Å². The van der Waals surface area contributed by atoms with E-state index in [4.69, 9.17) is 16.3 Å². The van der Waals surface area contributed by atoms with Gasteiger partial charge in [-0.15, -0.1) is 0 Å². The Morgan fingerprint density at radius 2 is 2.14 bits per heavy atom. The molecule has 2 aromatic carbocycles. The summed E-state index contributed by atoms with van der Waals surface area (Å²) in [5.41, 5.74) is 2.53. The molecule has 1 N–H and O–H groups in total. The molecule has 28 heavy (non-hydrogen) atoms. The van der Waals surface area contributed by atoms with Gasteiger partial charge in [-0.1, -0.05) is 23.7 Å². The van der Waals surface area contributed by atoms with Crippen molar-refractivity contribution in [1.82, 2.24) is 15.1 Å². The van der Waals surface area contributed by atoms with Crippen LogP contribution in [-0.4, -0.2) is 22.2 Å². The van der Waals surface area contributed by atoms with E-state index >= 15 is 0 Å². The summed E-state index contributed by atoms with van der Waals surface area (Å²) in [6, 6.07) is 13.0. The van der Waals surface area contributed by atoms with E-state index in [2.05, 4.69) is 26.3 Å². The van der Waals surface area contributed by atoms with E-state index in [0.29, 0.717) is 23.7 Å². The molecule has 0 aliphatic rings. The Kier molecular flexibility index (Phi) is 7.12. The van der Waals surface area contributed by atoms with E-state index in [1.54, 1.807) is 18.3 Å². The summed E-state index contributed by atoms with van der Waals surface area (Å²) in [4.78, 5) is 12.4. The Balaban J connectivity index is 1.49. The van der Waals surface area contributed by atoms with Gasteiger partial charge in [-0.3, -0.25) is 9.48 Å². The third-order valence-corrected chi connectivity index (χ3v) is 4.82. The second kappa shape index (κ2) is 9.75. The predicted molar refractivity (Wildman–Crippen MR) is 114 cm³/mol. The van der Waals surface area contributed by atoms with Crippen molar-refractivity contribution in [3.63, 3.8) is 0 Å². The molecule has 1 amide bonds. The number of nitrogens with one attached hydrogen (secondary N) is 1. The van der Waals surface area contributed by atoms with E-state index < -0.39 is 0 Å². The molecule has 0 saturated heterocycles. The first kappa shape index (κ1) is 20.4. The lowest BCUT2D eigenvalue weighted by atomic mass is 10.1. The number of carbonyl (C=O) groups excluding carboxylic acids is 1. The molecule has 0 bridgehead atoms. The highest BCUT2D eigenvalue weighted by atomic mass is 79.9. The molecule has 7 heteroatoms. The van der Waals surface area contributed by atoms with Gasteiger partial charge in [0.1, 0.15) is 12.4 Å². The summed E-state index contributed by atoms with van der Waals surface area (Å²) in [7, 11) is 0. The average Bonchev–Trinajstić information content (AvgIpc) is 3.10. The van der Waals surface area contributed by atoms with Crippen LogP contribution in [0.4, 0.5) is 0 Å². The molecule has 0 saturated carbocycles. The van der Waals surface area contributed by atoms with Crippen LogP contribution in [-0.2, 0) is 13.2 Å². The predicted octanol–water partition coefficient (Wildman–Crippen LogP) is 5.01. The minimum atomic E-state index is -0.0915. The number of hydrogen-bond donors (Lipinski definition) is 1. The molecule has 0 radical (unpaired) electrons. The highest BCUT2D eigenvalue weighted by Crippen LogP contribution is 2.22. The molecule has 3 aromatic rings. The molecule has 3 rings (SSSR count). The van der Waals surface area contributed by atoms with E-state index in [0.717, 1.165) is 34.3 Å². The van der Waals surface area contributed by atoms with Crippen LogP contribution in [0.3, 0.4) is 0 Å². The van der Waals surface area contributed by atoms with Crippen molar-refractivity contribution >= 4 is 33.4 Å². The lowest BCUT2D eigenvalue weighted by Gasteiger charge is -2.11. The van der Waals surface area contributed by atoms with Crippen LogP contribution in [0.2, 0.25) is 5.02 Å². The minimum Gasteiger partial charge on any atom is -0.489 e. The summed E-state index contributed by atoms with van der Waals surface area (Å²) >= 11 is 9.34. The number of aryl methyl sites for hydroxylation is 2. The third kappa shape index (κ3) is 5.84. The minimum absolute atomic E-state index is 0.0915. The van der Waals surface area contributed by atoms with Crippen LogP contribution >= 0.6 is 27.5 Å². The first-order chi connectivity index (χ1) is 13.5. The average molecular weight is 463 g/mol. The van der Waals surface area contributed by atoms with Gasteiger partial charge < -0.3 is 10.1 Å². The normalized spacial score (nSPS) is 10.7. The lowest BCUT2D eigenvalue weighted by Crippen LogP contribution is -2.25.